The maximum atomic E-state index is 12.9. The molecule has 2 aromatic heterocycles. The largest absolute Gasteiger partial charge is 0.433 e. The van der Waals surface area contributed by atoms with E-state index in [2.05, 4.69) is 30.2 Å². The second kappa shape index (κ2) is 9.07. The van der Waals surface area contributed by atoms with Crippen molar-refractivity contribution >= 4 is 17.6 Å². The minimum absolute atomic E-state index is 0.123. The molecule has 0 amide bonds. The summed E-state index contributed by atoms with van der Waals surface area (Å²) in [5.41, 5.74) is 2.14. The van der Waals surface area contributed by atoms with Crippen molar-refractivity contribution in [3.05, 3.63) is 54.1 Å². The fourth-order valence-electron chi connectivity index (χ4n) is 3.75. The van der Waals surface area contributed by atoms with Crippen LogP contribution >= 0.6 is 0 Å². The van der Waals surface area contributed by atoms with Gasteiger partial charge in [-0.15, -0.1) is 0 Å². The number of alkyl halides is 3. The predicted octanol–water partition coefficient (Wildman–Crippen LogP) is 4.48. The molecule has 32 heavy (non-hydrogen) atoms. The Labute approximate surface area is 183 Å². The molecule has 1 aromatic carbocycles. The van der Waals surface area contributed by atoms with Crippen LogP contribution in [0.25, 0.3) is 11.1 Å². The molecular weight excluding hydrogens is 421 g/mol. The number of ether oxygens (including phenoxy) is 1. The molecule has 1 atom stereocenters. The maximum Gasteiger partial charge on any atom is 0.433 e. The number of methoxy groups -OCH3 is 1. The number of rotatable bonds is 6. The zero-order chi connectivity index (χ0) is 22.7. The lowest BCUT2D eigenvalue weighted by Gasteiger charge is -2.16. The van der Waals surface area contributed by atoms with E-state index in [-0.39, 0.29) is 5.95 Å². The molecule has 10 heteroatoms. The fraction of sp³-hybridized carbons (Fsp3) is 0.364. The topological polar surface area (TPSA) is 76.1 Å². The van der Waals surface area contributed by atoms with Gasteiger partial charge in [0.1, 0.15) is 5.69 Å². The summed E-state index contributed by atoms with van der Waals surface area (Å²) in [4.78, 5) is 18.6. The number of nitrogens with zero attached hydrogens (tertiary/aromatic N) is 5. The summed E-state index contributed by atoms with van der Waals surface area (Å²) in [7, 11) is 1.71. The Balaban J connectivity index is 1.52. The van der Waals surface area contributed by atoms with Crippen LogP contribution in [0.1, 0.15) is 17.7 Å². The first-order valence-electron chi connectivity index (χ1n) is 10.2. The van der Waals surface area contributed by atoms with E-state index in [0.29, 0.717) is 17.6 Å². The molecule has 1 aliphatic rings. The number of aromatic nitrogens is 4. The van der Waals surface area contributed by atoms with Crippen molar-refractivity contribution in [3.8, 4) is 11.1 Å². The summed E-state index contributed by atoms with van der Waals surface area (Å²) in [5.74, 6) is 1.03. The highest BCUT2D eigenvalue weighted by Crippen LogP contribution is 2.30. The van der Waals surface area contributed by atoms with Gasteiger partial charge in [0, 0.05) is 56.0 Å². The summed E-state index contributed by atoms with van der Waals surface area (Å²) in [6, 6.07) is 6.41. The lowest BCUT2D eigenvalue weighted by Crippen LogP contribution is -2.23. The number of nitrogens with one attached hydrogen (secondary N) is 1. The van der Waals surface area contributed by atoms with Gasteiger partial charge >= 0.3 is 6.18 Å². The van der Waals surface area contributed by atoms with E-state index in [4.69, 9.17) is 4.74 Å². The van der Waals surface area contributed by atoms with E-state index >= 15 is 0 Å². The number of halogens is 3. The summed E-state index contributed by atoms with van der Waals surface area (Å²) < 4.78 is 44.0. The molecule has 0 saturated carbocycles. The lowest BCUT2D eigenvalue weighted by molar-refractivity contribution is -0.141. The van der Waals surface area contributed by atoms with Crippen molar-refractivity contribution in [3.63, 3.8) is 0 Å². The second-order valence-electron chi connectivity index (χ2n) is 7.80. The molecule has 0 spiro atoms. The number of benzene rings is 1. The van der Waals surface area contributed by atoms with Gasteiger partial charge in [-0.05, 0) is 42.7 Å². The minimum atomic E-state index is -4.53. The van der Waals surface area contributed by atoms with Crippen molar-refractivity contribution in [1.29, 1.82) is 0 Å². The van der Waals surface area contributed by atoms with Crippen LogP contribution in [-0.2, 0) is 10.9 Å². The Morgan fingerprint density at radius 1 is 1.12 bits per heavy atom. The van der Waals surface area contributed by atoms with Gasteiger partial charge in [-0.1, -0.05) is 6.07 Å². The van der Waals surface area contributed by atoms with Crippen LogP contribution in [0.3, 0.4) is 0 Å². The van der Waals surface area contributed by atoms with E-state index in [1.165, 1.54) is 0 Å². The molecule has 1 saturated heterocycles. The van der Waals surface area contributed by atoms with E-state index in [1.54, 1.807) is 25.6 Å². The van der Waals surface area contributed by atoms with Crippen LogP contribution in [0.2, 0.25) is 0 Å². The molecule has 0 radical (unpaired) electrons. The van der Waals surface area contributed by atoms with E-state index in [9.17, 15) is 13.2 Å². The molecular formula is C22H23F3N6O. The summed E-state index contributed by atoms with van der Waals surface area (Å²) in [5, 5.41) is 2.86. The number of anilines is 3. The van der Waals surface area contributed by atoms with Gasteiger partial charge in [0.05, 0.1) is 6.61 Å². The fourth-order valence-corrected chi connectivity index (χ4v) is 3.75. The second-order valence-corrected chi connectivity index (χ2v) is 7.80. The van der Waals surface area contributed by atoms with Gasteiger partial charge in [-0.2, -0.15) is 13.2 Å². The molecule has 0 bridgehead atoms. The molecule has 1 unspecified atom stereocenters. The Kier molecular flexibility index (Phi) is 6.22. The van der Waals surface area contributed by atoms with Crippen LogP contribution in [0.5, 0.6) is 0 Å². The highest BCUT2D eigenvalue weighted by molar-refractivity contribution is 5.70. The first-order valence-corrected chi connectivity index (χ1v) is 10.2. The molecule has 3 heterocycles. The Hall–Kier alpha value is -3.27. The lowest BCUT2D eigenvalue weighted by atomic mass is 10.1. The quantitative estimate of drug-likeness (QED) is 0.601. The van der Waals surface area contributed by atoms with Crippen LogP contribution in [0.4, 0.5) is 30.8 Å². The van der Waals surface area contributed by atoms with Gasteiger partial charge in [0.25, 0.3) is 0 Å². The third-order valence-corrected chi connectivity index (χ3v) is 5.22. The number of hydrogen-bond acceptors (Lipinski definition) is 7. The number of aryl methyl sites for hydroxylation is 1. The van der Waals surface area contributed by atoms with Crippen molar-refractivity contribution in [2.24, 2.45) is 5.92 Å². The molecule has 168 valence electrons. The standard InChI is InChI=1S/C22H23F3N6O/c1-14-7-16(9-18(8-14)29-20-26-5-3-19(30-20)22(23,24)25)17-10-27-21(28-11-17)31-6-4-15(12-31)13-32-2/h3,5,7-11,15H,4,6,12-13H2,1-2H3,(H,26,29,30). The van der Waals surface area contributed by atoms with Crippen LogP contribution in [-0.4, -0.2) is 46.7 Å². The highest BCUT2D eigenvalue weighted by atomic mass is 19.4. The predicted molar refractivity (Wildman–Crippen MR) is 115 cm³/mol. The summed E-state index contributed by atoms with van der Waals surface area (Å²) in [6.45, 7) is 4.38. The highest BCUT2D eigenvalue weighted by Gasteiger charge is 2.32. The Bertz CT molecular complexity index is 1070. The summed E-state index contributed by atoms with van der Waals surface area (Å²) >= 11 is 0. The van der Waals surface area contributed by atoms with Crippen molar-refractivity contribution < 1.29 is 17.9 Å². The Morgan fingerprint density at radius 3 is 2.62 bits per heavy atom. The first-order chi connectivity index (χ1) is 15.3. The maximum absolute atomic E-state index is 12.9. The minimum Gasteiger partial charge on any atom is -0.384 e. The molecule has 7 nitrogen and oxygen atoms in total. The molecule has 1 aliphatic heterocycles. The normalized spacial score (nSPS) is 16.4. The van der Waals surface area contributed by atoms with Gasteiger partial charge in [0.15, 0.2) is 0 Å². The average Bonchev–Trinajstić information content (AvgIpc) is 3.22. The van der Waals surface area contributed by atoms with Gasteiger partial charge < -0.3 is 15.0 Å². The van der Waals surface area contributed by atoms with Crippen molar-refractivity contribution in [2.75, 3.05) is 37.0 Å². The average molecular weight is 444 g/mol. The SMILES string of the molecule is COCC1CCN(c2ncc(-c3cc(C)cc(Nc4nccc(C(F)(F)F)n4)c3)cn2)C1. The van der Waals surface area contributed by atoms with Gasteiger partial charge in [-0.25, -0.2) is 19.9 Å². The molecule has 1 fully saturated rings. The molecule has 3 aromatic rings. The van der Waals surface area contributed by atoms with Crippen LogP contribution < -0.4 is 10.2 Å². The van der Waals surface area contributed by atoms with Crippen LogP contribution in [0.15, 0.2) is 42.9 Å². The van der Waals surface area contributed by atoms with Crippen molar-refractivity contribution in [2.45, 2.75) is 19.5 Å². The van der Waals surface area contributed by atoms with Crippen molar-refractivity contribution in [1.82, 2.24) is 19.9 Å². The number of hydrogen-bond donors (Lipinski definition) is 1. The van der Waals surface area contributed by atoms with E-state index < -0.39 is 11.9 Å². The molecule has 0 aliphatic carbocycles. The third kappa shape index (κ3) is 5.13. The smallest absolute Gasteiger partial charge is 0.384 e. The third-order valence-electron chi connectivity index (χ3n) is 5.22. The molecule has 4 rings (SSSR count). The Morgan fingerprint density at radius 2 is 1.91 bits per heavy atom. The van der Waals surface area contributed by atoms with E-state index in [1.807, 2.05) is 19.1 Å². The zero-order valence-corrected chi connectivity index (χ0v) is 17.7. The van der Waals surface area contributed by atoms with Crippen LogP contribution in [0, 0.1) is 12.8 Å². The van der Waals surface area contributed by atoms with Gasteiger partial charge in [-0.3, -0.25) is 0 Å². The zero-order valence-electron chi connectivity index (χ0n) is 17.7. The first kappa shape index (κ1) is 21.9. The molecule has 1 N–H and O–H groups in total. The monoisotopic (exact) mass is 444 g/mol. The van der Waals surface area contributed by atoms with Gasteiger partial charge in [0.2, 0.25) is 11.9 Å². The van der Waals surface area contributed by atoms with E-state index in [0.717, 1.165) is 55.1 Å². The summed E-state index contributed by atoms with van der Waals surface area (Å²) in [6.07, 6.45) is 1.10.